The van der Waals surface area contributed by atoms with Crippen LogP contribution in [-0.2, 0) is 4.74 Å². The van der Waals surface area contributed by atoms with Gasteiger partial charge in [0.25, 0.3) is 0 Å². The van der Waals surface area contributed by atoms with Crippen LogP contribution in [0.1, 0.15) is 27.8 Å². The molecule has 0 amide bonds. The third kappa shape index (κ3) is 25.1. The third-order valence-electron chi connectivity index (χ3n) is 4.68. The Morgan fingerprint density at radius 2 is 0.786 bits per heavy atom. The van der Waals surface area contributed by atoms with Crippen molar-refractivity contribution < 1.29 is 29.3 Å². The summed E-state index contributed by atoms with van der Waals surface area (Å²) in [6, 6.07) is 29.8. The standard InChI is InChI=1S/C9H10O3.C8H10.2C7H8O.CCl2O.2BH/c1-7-3-5-8(6-4-7)12-9(10)11-2;1-7-3-5-8(2)6-4-7;2*1-6-2-4-7(8)5-3-6;2-1(3)4;;/h3-6H,1-2H3;3-6H,1-2H3;2*2-5,8H,1H3;;2*1H/i;;;;;2*1D. The summed E-state index contributed by atoms with van der Waals surface area (Å²) in [5.74, 6) is 1.15. The highest BCUT2D eigenvalue weighted by Gasteiger charge is 2.01. The molecule has 0 saturated carbocycles. The fourth-order valence-corrected chi connectivity index (χ4v) is 2.47. The van der Waals surface area contributed by atoms with Gasteiger partial charge in [-0.2, -0.15) is 0 Å². The lowest BCUT2D eigenvalue weighted by atomic mass is 10.2. The van der Waals surface area contributed by atoms with Gasteiger partial charge in [0.05, 0.1) is 7.11 Å². The maximum absolute atomic E-state index is 10.6. The molecule has 0 spiro atoms. The number of phenolic OH excluding ortho intramolecular Hbond substituents is 2. The SMILES string of the molecule is COC(=O)Oc1ccc(C)cc1.Cc1ccc(C)cc1.Cc1ccc(O)cc1.Cc1ccc(O)cc1.O=C(Cl)Cl.[2H][B].[2H][B]. The number of aryl methyl sites for hydroxylation is 5. The van der Waals surface area contributed by atoms with Crippen molar-refractivity contribution in [2.75, 3.05) is 7.11 Å². The van der Waals surface area contributed by atoms with E-state index >= 15 is 0 Å². The topological polar surface area (TPSA) is 93.1 Å². The molecular weight excluding hydrogens is 573 g/mol. The minimum atomic E-state index is -0.889. The Hall–Kier alpha value is -3.87. The van der Waals surface area contributed by atoms with Crippen LogP contribution in [0.4, 0.5) is 9.59 Å². The van der Waals surface area contributed by atoms with Crippen molar-refractivity contribution in [3.05, 3.63) is 125 Å². The Balaban J connectivity index is -0.000000477. The number of aromatic hydroxyl groups is 2. The Kier molecular flexibility index (Phi) is 22.6. The molecule has 222 valence electrons. The quantitative estimate of drug-likeness (QED) is 0.0975. The second-order valence-electron chi connectivity index (χ2n) is 8.42. The predicted octanol–water partition coefficient (Wildman–Crippen LogP) is 8.13. The van der Waals surface area contributed by atoms with Crippen molar-refractivity contribution >= 4 is 50.8 Å². The Labute approximate surface area is 266 Å². The van der Waals surface area contributed by atoms with Crippen molar-refractivity contribution in [3.63, 3.8) is 0 Å². The fraction of sp³-hybridized carbons (Fsp3) is 0.188. The first-order valence-electron chi connectivity index (χ1n) is 13.2. The van der Waals surface area contributed by atoms with Gasteiger partial charge in [-0.1, -0.05) is 88.5 Å². The molecule has 0 aliphatic rings. The molecule has 0 atom stereocenters. The number of ether oxygens (including phenoxy) is 2. The van der Waals surface area contributed by atoms with Crippen molar-refractivity contribution in [2.24, 2.45) is 0 Å². The van der Waals surface area contributed by atoms with E-state index in [1.54, 1.807) is 36.4 Å². The normalized spacial score (nSPS) is 8.76. The van der Waals surface area contributed by atoms with Crippen LogP contribution in [0.3, 0.4) is 0 Å². The molecule has 6 nitrogen and oxygen atoms in total. The summed E-state index contributed by atoms with van der Waals surface area (Å²) in [5, 5.41) is 17.5. The highest BCUT2D eigenvalue weighted by molar-refractivity contribution is 6.93. The second kappa shape index (κ2) is 24.9. The van der Waals surface area contributed by atoms with Gasteiger partial charge in [-0.3, -0.25) is 4.79 Å². The number of hydrogen-bond acceptors (Lipinski definition) is 6. The summed E-state index contributed by atoms with van der Waals surface area (Å²) in [7, 11) is 8.77. The Morgan fingerprint density at radius 1 is 0.571 bits per heavy atom. The van der Waals surface area contributed by atoms with Gasteiger partial charge in [0.1, 0.15) is 17.2 Å². The number of halogens is 2. The van der Waals surface area contributed by atoms with Crippen molar-refractivity contribution in [1.82, 2.24) is 0 Å². The molecule has 10 heteroatoms. The van der Waals surface area contributed by atoms with Crippen LogP contribution in [0.15, 0.2) is 97.1 Å². The van der Waals surface area contributed by atoms with Crippen LogP contribution in [0.25, 0.3) is 0 Å². The van der Waals surface area contributed by atoms with Crippen LogP contribution in [0, 0.1) is 34.6 Å². The van der Waals surface area contributed by atoms with Gasteiger partial charge in [-0.15, -0.1) is 0 Å². The molecule has 0 aliphatic heterocycles. The van der Waals surface area contributed by atoms with Crippen molar-refractivity contribution in [1.29, 1.82) is 2.67 Å². The molecule has 0 aromatic heterocycles. The molecule has 0 bridgehead atoms. The van der Waals surface area contributed by atoms with E-state index in [0.29, 0.717) is 17.2 Å². The maximum atomic E-state index is 10.6. The molecule has 0 saturated heterocycles. The summed E-state index contributed by atoms with van der Waals surface area (Å²) < 4.78 is 18.7. The Bertz CT molecular complexity index is 1090. The van der Waals surface area contributed by atoms with Crippen LogP contribution in [-0.4, -0.2) is 47.6 Å². The second-order valence-corrected chi connectivity index (χ2v) is 9.30. The summed E-state index contributed by atoms with van der Waals surface area (Å²) in [6.45, 7) is 10.1. The fourth-order valence-electron chi connectivity index (χ4n) is 2.47. The minimum absolute atomic E-state index is 0.329. The molecule has 42 heavy (non-hydrogen) atoms. The molecule has 4 aromatic rings. The lowest BCUT2D eigenvalue weighted by Crippen LogP contribution is -2.06. The number of methoxy groups -OCH3 is 1. The number of rotatable bonds is 1. The van der Waals surface area contributed by atoms with Crippen LogP contribution in [0.2, 0.25) is 0 Å². The molecule has 4 aromatic carbocycles. The van der Waals surface area contributed by atoms with Gasteiger partial charge in [0.15, 0.2) is 0 Å². The molecular formula is C32H38B2Cl2O6. The number of carbonyl (C=O) groups is 2. The summed E-state index contributed by atoms with van der Waals surface area (Å²) in [4.78, 5) is 19.6. The number of benzene rings is 4. The van der Waals surface area contributed by atoms with Crippen LogP contribution in [0.5, 0.6) is 17.2 Å². The molecule has 2 N–H and O–H groups in total. The zero-order valence-corrected chi connectivity index (χ0v) is 26.2. The molecule has 0 aliphatic carbocycles. The zero-order valence-electron chi connectivity index (χ0n) is 26.7. The van der Waals surface area contributed by atoms with Gasteiger partial charge < -0.3 is 19.7 Å². The Morgan fingerprint density at radius 3 is 1.00 bits per heavy atom. The van der Waals surface area contributed by atoms with E-state index in [0.717, 1.165) is 5.56 Å². The first-order valence-corrected chi connectivity index (χ1v) is 12.8. The van der Waals surface area contributed by atoms with E-state index in [9.17, 15) is 4.79 Å². The summed E-state index contributed by atoms with van der Waals surface area (Å²) in [6.07, 6.45) is -0.696. The van der Waals surface area contributed by atoms with E-state index in [4.69, 9.17) is 22.4 Å². The number of carbonyl (C=O) groups excluding carboxylic acids is 2. The van der Waals surface area contributed by atoms with Crippen LogP contribution >= 0.6 is 23.2 Å². The van der Waals surface area contributed by atoms with Gasteiger partial charge in [-0.05, 0) is 96.9 Å². The predicted molar refractivity (Wildman–Crippen MR) is 177 cm³/mol. The monoisotopic (exact) mass is 612 g/mol. The summed E-state index contributed by atoms with van der Waals surface area (Å²) >= 11 is 8.80. The number of phenols is 2. The number of hydrogen-bond donors (Lipinski definition) is 2. The average Bonchev–Trinajstić information content (AvgIpc) is 3.01. The third-order valence-corrected chi connectivity index (χ3v) is 4.68. The highest BCUT2D eigenvalue weighted by Crippen LogP contribution is 2.12. The van der Waals surface area contributed by atoms with Gasteiger partial charge in [-0.25, -0.2) is 4.79 Å². The van der Waals surface area contributed by atoms with E-state index in [2.05, 4.69) is 82.8 Å². The lowest BCUT2D eigenvalue weighted by Gasteiger charge is -2.01. The van der Waals surface area contributed by atoms with Crippen LogP contribution < -0.4 is 4.74 Å². The van der Waals surface area contributed by atoms with Gasteiger partial charge >= 0.3 is 10.9 Å². The van der Waals surface area contributed by atoms with Gasteiger partial charge in [0, 0.05) is 16.8 Å². The maximum Gasteiger partial charge on any atom is 0.513 e. The lowest BCUT2D eigenvalue weighted by molar-refractivity contribution is 0.121. The van der Waals surface area contributed by atoms with Crippen molar-refractivity contribution in [3.8, 4) is 17.2 Å². The first-order chi connectivity index (χ1) is 20.8. The molecule has 4 radical (unpaired) electrons. The molecule has 4 rings (SSSR count). The van der Waals surface area contributed by atoms with E-state index < -0.39 is 10.9 Å². The molecule has 0 fully saturated rings. The zero-order chi connectivity index (χ0) is 34.5. The van der Waals surface area contributed by atoms with E-state index in [1.807, 2.05) is 57.2 Å². The largest absolute Gasteiger partial charge is 0.513 e. The molecule has 0 unspecified atom stereocenters. The highest BCUT2D eigenvalue weighted by atomic mass is 35.5. The van der Waals surface area contributed by atoms with E-state index in [-0.39, 0.29) is 0 Å². The van der Waals surface area contributed by atoms with Crippen molar-refractivity contribution in [2.45, 2.75) is 34.6 Å². The smallest absolute Gasteiger partial charge is 0.508 e. The minimum Gasteiger partial charge on any atom is -0.508 e. The molecule has 0 heterocycles. The first kappa shape index (κ1) is 38.1. The summed E-state index contributed by atoms with van der Waals surface area (Å²) in [5.41, 5.74) is 6.11. The average molecular weight is 613 g/mol. The van der Waals surface area contributed by atoms with E-state index in [1.165, 1.54) is 29.4 Å². The van der Waals surface area contributed by atoms with Gasteiger partial charge in [0.2, 0.25) is 0 Å².